The standard InChI is InChI=1S/C17H21NO5/c19-8-4-2-1-3-7-18-16(21)9-12-10-17(22)23-15-11-13(20)5-6-14(12)15/h5-6,10-11,19-20H,1-4,7-9H2,(H,18,21). The van der Waals surface area contributed by atoms with E-state index in [4.69, 9.17) is 9.52 Å². The Morgan fingerprint density at radius 1 is 1.13 bits per heavy atom. The van der Waals surface area contributed by atoms with E-state index in [9.17, 15) is 14.7 Å². The van der Waals surface area contributed by atoms with Gasteiger partial charge in [-0.2, -0.15) is 0 Å². The molecule has 0 saturated carbocycles. The molecule has 1 aromatic carbocycles. The van der Waals surface area contributed by atoms with Gasteiger partial charge in [-0.1, -0.05) is 12.8 Å². The highest BCUT2D eigenvalue weighted by atomic mass is 16.4. The lowest BCUT2D eigenvalue weighted by Gasteiger charge is -2.07. The van der Waals surface area contributed by atoms with Gasteiger partial charge in [-0.15, -0.1) is 0 Å². The van der Waals surface area contributed by atoms with Gasteiger partial charge in [-0.3, -0.25) is 4.79 Å². The van der Waals surface area contributed by atoms with Crippen LogP contribution < -0.4 is 10.9 Å². The van der Waals surface area contributed by atoms with Crippen LogP contribution >= 0.6 is 0 Å². The quantitative estimate of drug-likeness (QED) is 0.508. The number of amides is 1. The summed E-state index contributed by atoms with van der Waals surface area (Å²) in [4.78, 5) is 23.5. The first-order valence-corrected chi connectivity index (χ1v) is 7.73. The molecule has 1 amide bonds. The number of unbranched alkanes of at least 4 members (excludes halogenated alkanes) is 3. The predicted molar refractivity (Wildman–Crippen MR) is 86.4 cm³/mol. The van der Waals surface area contributed by atoms with Crippen LogP contribution in [-0.4, -0.2) is 29.3 Å². The number of benzene rings is 1. The second-order valence-electron chi connectivity index (χ2n) is 5.44. The Balaban J connectivity index is 1.96. The van der Waals surface area contributed by atoms with E-state index < -0.39 is 5.63 Å². The van der Waals surface area contributed by atoms with Crippen molar-refractivity contribution in [3.8, 4) is 5.75 Å². The number of fused-ring (bicyclic) bond motifs is 1. The molecule has 1 aromatic heterocycles. The Kier molecular flexibility index (Phi) is 6.17. The Bertz CT molecular complexity index is 722. The van der Waals surface area contributed by atoms with Gasteiger partial charge >= 0.3 is 5.63 Å². The fraction of sp³-hybridized carbons (Fsp3) is 0.412. The molecule has 2 rings (SSSR count). The molecule has 0 fully saturated rings. The van der Waals surface area contributed by atoms with E-state index in [1.807, 2.05) is 0 Å². The molecule has 0 atom stereocenters. The van der Waals surface area contributed by atoms with Gasteiger partial charge < -0.3 is 19.9 Å². The summed E-state index contributed by atoms with van der Waals surface area (Å²) in [5.41, 5.74) is 0.299. The first-order chi connectivity index (χ1) is 11.1. The second kappa shape index (κ2) is 8.33. The van der Waals surface area contributed by atoms with E-state index in [0.29, 0.717) is 17.5 Å². The van der Waals surface area contributed by atoms with Crippen LogP contribution in [0.25, 0.3) is 11.0 Å². The van der Waals surface area contributed by atoms with Gasteiger partial charge in [-0.25, -0.2) is 4.79 Å². The molecule has 6 heteroatoms. The van der Waals surface area contributed by atoms with Crippen molar-refractivity contribution in [2.45, 2.75) is 32.1 Å². The topological polar surface area (TPSA) is 99.8 Å². The summed E-state index contributed by atoms with van der Waals surface area (Å²) in [7, 11) is 0. The van der Waals surface area contributed by atoms with Crippen molar-refractivity contribution in [1.29, 1.82) is 0 Å². The van der Waals surface area contributed by atoms with Crippen LogP contribution in [0.15, 0.2) is 33.5 Å². The molecule has 0 bridgehead atoms. The molecule has 0 radical (unpaired) electrons. The molecule has 0 unspecified atom stereocenters. The molecule has 0 spiro atoms. The van der Waals surface area contributed by atoms with Crippen LogP contribution in [-0.2, 0) is 11.2 Å². The lowest BCUT2D eigenvalue weighted by molar-refractivity contribution is -0.120. The summed E-state index contributed by atoms with van der Waals surface area (Å²) >= 11 is 0. The van der Waals surface area contributed by atoms with Crippen molar-refractivity contribution in [2.24, 2.45) is 0 Å². The van der Waals surface area contributed by atoms with Gasteiger partial charge in [0.25, 0.3) is 0 Å². The minimum Gasteiger partial charge on any atom is -0.508 e. The highest BCUT2D eigenvalue weighted by Gasteiger charge is 2.10. The zero-order valence-electron chi connectivity index (χ0n) is 12.9. The van der Waals surface area contributed by atoms with E-state index >= 15 is 0 Å². The molecular formula is C17H21NO5. The van der Waals surface area contributed by atoms with Crippen molar-refractivity contribution in [3.05, 3.63) is 40.2 Å². The molecule has 2 aromatic rings. The van der Waals surface area contributed by atoms with Crippen molar-refractivity contribution in [3.63, 3.8) is 0 Å². The van der Waals surface area contributed by atoms with Crippen molar-refractivity contribution >= 4 is 16.9 Å². The number of aromatic hydroxyl groups is 1. The number of phenols is 1. The highest BCUT2D eigenvalue weighted by Crippen LogP contribution is 2.22. The van der Waals surface area contributed by atoms with Gasteiger partial charge in [0.1, 0.15) is 11.3 Å². The largest absolute Gasteiger partial charge is 0.508 e. The van der Waals surface area contributed by atoms with E-state index in [0.717, 1.165) is 25.7 Å². The maximum atomic E-state index is 12.0. The van der Waals surface area contributed by atoms with Gasteiger partial charge in [0.2, 0.25) is 5.91 Å². The van der Waals surface area contributed by atoms with Crippen LogP contribution in [0.2, 0.25) is 0 Å². The molecule has 3 N–H and O–H groups in total. The molecule has 23 heavy (non-hydrogen) atoms. The van der Waals surface area contributed by atoms with E-state index in [2.05, 4.69) is 5.32 Å². The van der Waals surface area contributed by atoms with E-state index in [1.54, 1.807) is 6.07 Å². The highest BCUT2D eigenvalue weighted by molar-refractivity contribution is 5.87. The van der Waals surface area contributed by atoms with Crippen molar-refractivity contribution in [2.75, 3.05) is 13.2 Å². The maximum Gasteiger partial charge on any atom is 0.336 e. The monoisotopic (exact) mass is 319 g/mol. The van der Waals surface area contributed by atoms with Crippen LogP contribution in [0.5, 0.6) is 5.75 Å². The molecule has 1 heterocycles. The summed E-state index contributed by atoms with van der Waals surface area (Å²) in [6.45, 7) is 0.774. The molecule has 124 valence electrons. The fourth-order valence-electron chi connectivity index (χ4n) is 2.42. The number of carbonyl (C=O) groups is 1. The van der Waals surface area contributed by atoms with Crippen LogP contribution in [0.3, 0.4) is 0 Å². The second-order valence-corrected chi connectivity index (χ2v) is 5.44. The third kappa shape index (κ3) is 5.10. The number of carbonyl (C=O) groups excluding carboxylic acids is 1. The first-order valence-electron chi connectivity index (χ1n) is 7.73. The van der Waals surface area contributed by atoms with Crippen molar-refractivity contribution in [1.82, 2.24) is 5.32 Å². The van der Waals surface area contributed by atoms with Crippen LogP contribution in [0.1, 0.15) is 31.2 Å². The smallest absolute Gasteiger partial charge is 0.336 e. The average molecular weight is 319 g/mol. The first kappa shape index (κ1) is 17.0. The Hall–Kier alpha value is -2.34. The number of phenolic OH excluding ortho intramolecular Hbond substituents is 1. The summed E-state index contributed by atoms with van der Waals surface area (Å²) < 4.78 is 5.03. The molecule has 0 saturated heterocycles. The number of hydrogen-bond donors (Lipinski definition) is 3. The van der Waals surface area contributed by atoms with E-state index in [-0.39, 0.29) is 30.3 Å². The Morgan fingerprint density at radius 3 is 2.70 bits per heavy atom. The summed E-state index contributed by atoms with van der Waals surface area (Å²) in [5.74, 6) is -0.155. The van der Waals surface area contributed by atoms with Crippen LogP contribution in [0.4, 0.5) is 0 Å². The molecule has 6 nitrogen and oxygen atoms in total. The molecule has 0 aliphatic rings. The number of aliphatic hydroxyl groups is 1. The molecule has 0 aliphatic carbocycles. The van der Waals surface area contributed by atoms with Gasteiger partial charge in [0.05, 0.1) is 6.42 Å². The Labute approximate surface area is 133 Å². The number of rotatable bonds is 8. The summed E-state index contributed by atoms with van der Waals surface area (Å²) in [6.07, 6.45) is 3.63. The number of hydrogen-bond acceptors (Lipinski definition) is 5. The summed E-state index contributed by atoms with van der Waals surface area (Å²) in [5, 5.41) is 21.6. The third-order valence-corrected chi connectivity index (χ3v) is 3.57. The van der Waals surface area contributed by atoms with Gasteiger partial charge in [0, 0.05) is 30.7 Å². The zero-order chi connectivity index (χ0) is 16.7. The maximum absolute atomic E-state index is 12.0. The number of nitrogens with one attached hydrogen (secondary N) is 1. The lowest BCUT2D eigenvalue weighted by Crippen LogP contribution is -2.26. The molecular weight excluding hydrogens is 298 g/mol. The zero-order valence-corrected chi connectivity index (χ0v) is 12.9. The average Bonchev–Trinajstić information content (AvgIpc) is 2.50. The van der Waals surface area contributed by atoms with E-state index in [1.165, 1.54) is 18.2 Å². The van der Waals surface area contributed by atoms with Gasteiger partial charge in [0.15, 0.2) is 0 Å². The van der Waals surface area contributed by atoms with Gasteiger partial charge in [-0.05, 0) is 30.5 Å². The predicted octanol–water partition coefficient (Wildman–Crippen LogP) is 1.71. The normalized spacial score (nSPS) is 10.8. The van der Waals surface area contributed by atoms with Crippen LogP contribution in [0, 0.1) is 0 Å². The van der Waals surface area contributed by atoms with Crippen molar-refractivity contribution < 1.29 is 19.4 Å². The lowest BCUT2D eigenvalue weighted by atomic mass is 10.1. The minimum absolute atomic E-state index is 0.00475. The Morgan fingerprint density at radius 2 is 1.91 bits per heavy atom. The fourth-order valence-corrected chi connectivity index (χ4v) is 2.42. The molecule has 0 aliphatic heterocycles. The SMILES string of the molecule is O=C(Cc1cc(=O)oc2cc(O)ccc12)NCCCCCCO. The minimum atomic E-state index is -0.546. The summed E-state index contributed by atoms with van der Waals surface area (Å²) in [6, 6.07) is 5.79. The third-order valence-electron chi connectivity index (χ3n) is 3.57. The number of aliphatic hydroxyl groups excluding tert-OH is 1.